The Labute approximate surface area is 108 Å². The maximum Gasteiger partial charge on any atom is 0.451 e. The van der Waals surface area contributed by atoms with Gasteiger partial charge in [0.05, 0.1) is 6.61 Å². The smallest absolute Gasteiger partial charge is 0.451 e. The van der Waals surface area contributed by atoms with Gasteiger partial charge >= 0.3 is 12.1 Å². The van der Waals surface area contributed by atoms with E-state index in [2.05, 4.69) is 0 Å². The molecule has 3 nitrogen and oxygen atoms in total. The number of ketones is 1. The molecule has 106 valence electrons. The van der Waals surface area contributed by atoms with Gasteiger partial charge in [0.2, 0.25) is 0 Å². The fourth-order valence-corrected chi connectivity index (χ4v) is 3.12. The van der Waals surface area contributed by atoms with Gasteiger partial charge in [-0.25, -0.2) is 0 Å². The minimum Gasteiger partial charge on any atom is -0.465 e. The molecule has 0 radical (unpaired) electrons. The maximum absolute atomic E-state index is 12.8. The molecule has 3 aliphatic rings. The summed E-state index contributed by atoms with van der Waals surface area (Å²) in [7, 11) is 0. The second-order valence-electron chi connectivity index (χ2n) is 5.05. The van der Waals surface area contributed by atoms with Gasteiger partial charge in [-0.15, -0.1) is 0 Å². The number of rotatable bonds is 3. The van der Waals surface area contributed by atoms with Gasteiger partial charge in [0.1, 0.15) is 5.41 Å². The minimum atomic E-state index is -5.02. The number of carbonyl (C=O) groups excluding carboxylic acids is 2. The van der Waals surface area contributed by atoms with E-state index < -0.39 is 29.3 Å². The molecule has 1 fully saturated rings. The summed E-state index contributed by atoms with van der Waals surface area (Å²) in [6, 6.07) is 0. The Bertz CT molecular complexity index is 427. The molecular weight excluding hydrogens is 261 g/mol. The highest BCUT2D eigenvalue weighted by molar-refractivity contribution is 6.07. The summed E-state index contributed by atoms with van der Waals surface area (Å²) in [5, 5.41) is 0. The van der Waals surface area contributed by atoms with E-state index in [0.29, 0.717) is 12.8 Å². The molecule has 0 spiro atoms. The predicted octanol–water partition coefficient (Wildman–Crippen LogP) is 2.65. The number of esters is 1. The van der Waals surface area contributed by atoms with Crippen molar-refractivity contribution < 1.29 is 27.5 Å². The lowest BCUT2D eigenvalue weighted by molar-refractivity contribution is -0.196. The predicted molar refractivity (Wildman–Crippen MR) is 60.1 cm³/mol. The van der Waals surface area contributed by atoms with Crippen molar-refractivity contribution >= 4 is 11.8 Å². The molecule has 0 heterocycles. The first kappa shape index (κ1) is 14.1. The molecular formula is C13H15F3O3. The number of ether oxygens (including phenoxy) is 1. The number of hydrogen-bond acceptors (Lipinski definition) is 3. The Morgan fingerprint density at radius 2 is 2.00 bits per heavy atom. The summed E-state index contributed by atoms with van der Waals surface area (Å²) in [6.45, 7) is 1.48. The molecule has 2 bridgehead atoms. The summed E-state index contributed by atoms with van der Waals surface area (Å²) in [6.07, 6.45) is -0.605. The van der Waals surface area contributed by atoms with Crippen molar-refractivity contribution in [2.45, 2.75) is 32.4 Å². The standard InChI is InChI=1S/C13H15F3O3/c1-2-19-11(18)12(10(17)13(14,15)16)7-8-3-5-9(12)6-4-8/h3,5,8-9H,2,4,6-7H2,1H3/t8-,9+,12+/m1/s1. The second kappa shape index (κ2) is 4.65. The van der Waals surface area contributed by atoms with Crippen LogP contribution in [0.2, 0.25) is 0 Å². The van der Waals surface area contributed by atoms with Crippen molar-refractivity contribution in [2.24, 2.45) is 17.3 Å². The van der Waals surface area contributed by atoms with Gasteiger partial charge in [-0.2, -0.15) is 13.2 Å². The zero-order valence-electron chi connectivity index (χ0n) is 10.5. The molecule has 3 aliphatic carbocycles. The number of alkyl halides is 3. The molecule has 0 saturated heterocycles. The van der Waals surface area contributed by atoms with Gasteiger partial charge in [0, 0.05) is 5.92 Å². The molecule has 0 unspecified atom stereocenters. The number of Topliss-reactive ketones (excluding diaryl/α,β-unsaturated/α-hetero) is 1. The van der Waals surface area contributed by atoms with Crippen molar-refractivity contribution in [3.63, 3.8) is 0 Å². The van der Waals surface area contributed by atoms with Crippen molar-refractivity contribution in [1.29, 1.82) is 0 Å². The highest BCUT2D eigenvalue weighted by Crippen LogP contribution is 2.52. The van der Waals surface area contributed by atoms with Gasteiger partial charge in [0.25, 0.3) is 5.78 Å². The number of halogens is 3. The number of carbonyl (C=O) groups is 2. The molecule has 6 heteroatoms. The van der Waals surface area contributed by atoms with E-state index >= 15 is 0 Å². The van der Waals surface area contributed by atoms with E-state index in [-0.39, 0.29) is 18.9 Å². The lowest BCUT2D eigenvalue weighted by Crippen LogP contribution is -2.55. The Balaban J connectivity index is 2.43. The van der Waals surface area contributed by atoms with Crippen molar-refractivity contribution in [2.75, 3.05) is 6.61 Å². The van der Waals surface area contributed by atoms with Crippen LogP contribution in [0.3, 0.4) is 0 Å². The SMILES string of the molecule is CCOC(=O)[C@@]1(C(=O)C(F)(F)F)C[C@@H]2C=C[C@H]1CC2. The van der Waals surface area contributed by atoms with Crippen LogP contribution in [0, 0.1) is 17.3 Å². The van der Waals surface area contributed by atoms with Crippen LogP contribution in [0.1, 0.15) is 26.2 Å². The molecule has 3 rings (SSSR count). The Kier molecular flexibility index (Phi) is 3.45. The maximum atomic E-state index is 12.8. The van der Waals surface area contributed by atoms with Gasteiger partial charge in [-0.1, -0.05) is 12.2 Å². The fraction of sp³-hybridized carbons (Fsp3) is 0.692. The van der Waals surface area contributed by atoms with E-state index in [1.165, 1.54) is 6.92 Å². The lowest BCUT2D eigenvalue weighted by Gasteiger charge is -2.45. The van der Waals surface area contributed by atoms with E-state index in [1.54, 1.807) is 12.2 Å². The van der Waals surface area contributed by atoms with Crippen LogP contribution in [0.25, 0.3) is 0 Å². The third-order valence-electron chi connectivity index (χ3n) is 3.98. The van der Waals surface area contributed by atoms with Crippen molar-refractivity contribution in [1.82, 2.24) is 0 Å². The summed E-state index contributed by atoms with van der Waals surface area (Å²) in [4.78, 5) is 23.8. The zero-order chi connectivity index (χ0) is 14.3. The van der Waals surface area contributed by atoms with Crippen LogP contribution in [0.5, 0.6) is 0 Å². The Morgan fingerprint density at radius 3 is 2.37 bits per heavy atom. The highest BCUT2D eigenvalue weighted by Gasteiger charge is 2.63. The number of hydrogen-bond donors (Lipinski definition) is 0. The largest absolute Gasteiger partial charge is 0.465 e. The number of allylic oxidation sites excluding steroid dienone is 2. The first-order valence-electron chi connectivity index (χ1n) is 6.29. The van der Waals surface area contributed by atoms with Crippen LogP contribution in [0.15, 0.2) is 12.2 Å². The summed E-state index contributed by atoms with van der Waals surface area (Å²) < 4.78 is 43.2. The molecule has 0 aromatic heterocycles. The average molecular weight is 276 g/mol. The molecule has 0 aliphatic heterocycles. The van der Waals surface area contributed by atoms with Gasteiger partial charge in [0.15, 0.2) is 0 Å². The molecule has 19 heavy (non-hydrogen) atoms. The second-order valence-corrected chi connectivity index (χ2v) is 5.05. The first-order chi connectivity index (χ1) is 8.82. The van der Waals surface area contributed by atoms with E-state index in [4.69, 9.17) is 4.74 Å². The summed E-state index contributed by atoms with van der Waals surface area (Å²) in [5.74, 6) is -3.85. The van der Waals surface area contributed by atoms with E-state index in [1.807, 2.05) is 0 Å². The van der Waals surface area contributed by atoms with Crippen LogP contribution in [-0.2, 0) is 14.3 Å². The third-order valence-corrected chi connectivity index (χ3v) is 3.98. The fourth-order valence-electron chi connectivity index (χ4n) is 3.12. The summed E-state index contributed by atoms with van der Waals surface area (Å²) >= 11 is 0. The van der Waals surface area contributed by atoms with Gasteiger partial charge in [-0.05, 0) is 32.1 Å². The van der Waals surface area contributed by atoms with Crippen LogP contribution in [-0.4, -0.2) is 24.5 Å². The molecule has 3 atom stereocenters. The van der Waals surface area contributed by atoms with E-state index in [0.717, 1.165) is 0 Å². The molecule has 0 N–H and O–H groups in total. The van der Waals surface area contributed by atoms with Crippen molar-refractivity contribution in [3.8, 4) is 0 Å². The third kappa shape index (κ3) is 2.17. The average Bonchev–Trinajstić information content (AvgIpc) is 2.38. The van der Waals surface area contributed by atoms with Gasteiger partial charge < -0.3 is 4.74 Å². The number of fused-ring (bicyclic) bond motifs is 2. The first-order valence-corrected chi connectivity index (χ1v) is 6.29. The van der Waals surface area contributed by atoms with Crippen LogP contribution in [0.4, 0.5) is 13.2 Å². The lowest BCUT2D eigenvalue weighted by atomic mass is 9.57. The zero-order valence-corrected chi connectivity index (χ0v) is 10.5. The summed E-state index contributed by atoms with van der Waals surface area (Å²) in [5.41, 5.74) is -2.06. The normalized spacial score (nSPS) is 33.3. The monoisotopic (exact) mass is 276 g/mol. The molecule has 1 saturated carbocycles. The molecule has 0 aromatic rings. The Morgan fingerprint density at radius 1 is 1.32 bits per heavy atom. The molecule has 0 amide bonds. The van der Waals surface area contributed by atoms with E-state index in [9.17, 15) is 22.8 Å². The topological polar surface area (TPSA) is 43.4 Å². The Hall–Kier alpha value is -1.33. The molecule has 0 aromatic carbocycles. The minimum absolute atomic E-state index is 0.0349. The quantitative estimate of drug-likeness (QED) is 0.452. The highest BCUT2D eigenvalue weighted by atomic mass is 19.4. The van der Waals surface area contributed by atoms with Crippen LogP contribution < -0.4 is 0 Å². The van der Waals surface area contributed by atoms with Crippen LogP contribution >= 0.6 is 0 Å². The van der Waals surface area contributed by atoms with Gasteiger partial charge in [-0.3, -0.25) is 9.59 Å². The van der Waals surface area contributed by atoms with Crippen molar-refractivity contribution in [3.05, 3.63) is 12.2 Å².